The number of benzene rings is 1. The first kappa shape index (κ1) is 22.0. The Bertz CT molecular complexity index is 1100. The van der Waals surface area contributed by atoms with Crippen LogP contribution in [0.25, 0.3) is 11.0 Å². The second-order valence-electron chi connectivity index (χ2n) is 7.52. The lowest BCUT2D eigenvalue weighted by atomic mass is 10.2. The van der Waals surface area contributed by atoms with Crippen molar-refractivity contribution in [2.24, 2.45) is 5.92 Å². The van der Waals surface area contributed by atoms with Gasteiger partial charge in [-0.1, -0.05) is 25.6 Å². The SMILES string of the molecule is CCOc1ccc(NC(=O)Cn2c(C)cc3nc(SC)n(CC(C)C)c(=O)c32)cc1. The highest BCUT2D eigenvalue weighted by molar-refractivity contribution is 7.98. The van der Waals surface area contributed by atoms with Gasteiger partial charge in [0.05, 0.1) is 12.1 Å². The quantitative estimate of drug-likeness (QED) is 0.435. The summed E-state index contributed by atoms with van der Waals surface area (Å²) in [5.74, 6) is 0.855. The van der Waals surface area contributed by atoms with Gasteiger partial charge in [-0.05, 0) is 56.4 Å². The van der Waals surface area contributed by atoms with Gasteiger partial charge in [0.2, 0.25) is 5.91 Å². The van der Waals surface area contributed by atoms with E-state index in [9.17, 15) is 9.59 Å². The van der Waals surface area contributed by atoms with Crippen LogP contribution in [0, 0.1) is 12.8 Å². The van der Waals surface area contributed by atoms with Gasteiger partial charge >= 0.3 is 0 Å². The Hall–Kier alpha value is -2.74. The van der Waals surface area contributed by atoms with Gasteiger partial charge < -0.3 is 14.6 Å². The number of anilines is 1. The first-order valence-corrected chi connectivity index (χ1v) is 11.2. The van der Waals surface area contributed by atoms with E-state index in [1.54, 1.807) is 21.3 Å². The Labute approximate surface area is 180 Å². The molecule has 0 atom stereocenters. The minimum atomic E-state index is -0.205. The maximum atomic E-state index is 13.3. The molecule has 0 aliphatic carbocycles. The van der Waals surface area contributed by atoms with Crippen molar-refractivity contribution in [2.75, 3.05) is 18.2 Å². The molecule has 0 aliphatic heterocycles. The zero-order valence-corrected chi connectivity index (χ0v) is 18.9. The summed E-state index contributed by atoms with van der Waals surface area (Å²) in [4.78, 5) is 30.6. The summed E-state index contributed by atoms with van der Waals surface area (Å²) in [5, 5.41) is 3.57. The predicted molar refractivity (Wildman–Crippen MR) is 122 cm³/mol. The molecule has 3 rings (SSSR count). The second kappa shape index (κ2) is 9.38. The summed E-state index contributed by atoms with van der Waals surface area (Å²) in [7, 11) is 0. The van der Waals surface area contributed by atoms with Crippen molar-refractivity contribution < 1.29 is 9.53 Å². The Balaban J connectivity index is 1.90. The van der Waals surface area contributed by atoms with E-state index in [2.05, 4.69) is 24.1 Å². The average Bonchev–Trinajstić information content (AvgIpc) is 3.00. The Morgan fingerprint density at radius 2 is 1.93 bits per heavy atom. The Kier molecular flexibility index (Phi) is 6.87. The summed E-state index contributed by atoms with van der Waals surface area (Å²) in [6.45, 7) is 9.15. The number of aromatic nitrogens is 3. The molecule has 1 aromatic carbocycles. The minimum Gasteiger partial charge on any atom is -0.494 e. The molecule has 0 spiro atoms. The molecule has 1 N–H and O–H groups in total. The maximum Gasteiger partial charge on any atom is 0.278 e. The fourth-order valence-corrected chi connectivity index (χ4v) is 3.95. The van der Waals surface area contributed by atoms with E-state index in [0.717, 1.165) is 11.4 Å². The number of amides is 1. The van der Waals surface area contributed by atoms with Crippen LogP contribution >= 0.6 is 11.8 Å². The molecule has 0 bridgehead atoms. The monoisotopic (exact) mass is 428 g/mol. The topological polar surface area (TPSA) is 78.2 Å². The molecule has 2 heterocycles. The lowest BCUT2D eigenvalue weighted by Crippen LogP contribution is -2.28. The van der Waals surface area contributed by atoms with E-state index >= 15 is 0 Å². The number of carbonyl (C=O) groups excluding carboxylic acids is 1. The number of hydrogen-bond acceptors (Lipinski definition) is 5. The number of ether oxygens (including phenoxy) is 1. The van der Waals surface area contributed by atoms with Gasteiger partial charge in [-0.15, -0.1) is 0 Å². The molecule has 0 fully saturated rings. The van der Waals surface area contributed by atoms with Gasteiger partial charge in [0.25, 0.3) is 5.56 Å². The van der Waals surface area contributed by atoms with Crippen molar-refractivity contribution in [3.63, 3.8) is 0 Å². The van der Waals surface area contributed by atoms with Gasteiger partial charge in [-0.3, -0.25) is 14.2 Å². The van der Waals surface area contributed by atoms with Crippen molar-refractivity contribution in [3.05, 3.63) is 46.4 Å². The van der Waals surface area contributed by atoms with Crippen LogP contribution in [0.3, 0.4) is 0 Å². The highest BCUT2D eigenvalue weighted by Gasteiger charge is 2.18. The number of nitrogens with one attached hydrogen (secondary N) is 1. The van der Waals surface area contributed by atoms with Crippen LogP contribution in [0.15, 0.2) is 40.3 Å². The van der Waals surface area contributed by atoms with Crippen LogP contribution in [-0.2, 0) is 17.9 Å². The molecular formula is C22H28N4O3S. The smallest absolute Gasteiger partial charge is 0.278 e. The molecule has 30 heavy (non-hydrogen) atoms. The largest absolute Gasteiger partial charge is 0.494 e. The number of rotatable bonds is 8. The standard InChI is InChI=1S/C22H28N4O3S/c1-6-29-17-9-7-16(8-10-17)23-19(27)13-25-15(4)11-18-20(25)21(28)26(12-14(2)3)22(24-18)30-5/h7-11,14H,6,12-13H2,1-5H3,(H,23,27). The van der Waals surface area contributed by atoms with Gasteiger partial charge in [0.1, 0.15) is 17.8 Å². The first-order valence-electron chi connectivity index (χ1n) is 10.0. The number of nitrogens with zero attached hydrogens (tertiary/aromatic N) is 3. The van der Waals surface area contributed by atoms with E-state index in [1.165, 1.54) is 11.8 Å². The van der Waals surface area contributed by atoms with E-state index in [0.29, 0.717) is 40.9 Å². The van der Waals surface area contributed by atoms with E-state index in [-0.39, 0.29) is 18.0 Å². The number of carbonyl (C=O) groups is 1. The molecule has 8 heteroatoms. The summed E-state index contributed by atoms with van der Waals surface area (Å²) in [6, 6.07) is 9.08. The van der Waals surface area contributed by atoms with Crippen LogP contribution in [0.4, 0.5) is 5.69 Å². The maximum absolute atomic E-state index is 13.3. The average molecular weight is 429 g/mol. The highest BCUT2D eigenvalue weighted by Crippen LogP contribution is 2.20. The molecule has 1 amide bonds. The third-order valence-electron chi connectivity index (χ3n) is 4.66. The van der Waals surface area contributed by atoms with Gasteiger partial charge in [0.15, 0.2) is 5.16 Å². The second-order valence-corrected chi connectivity index (χ2v) is 8.29. The highest BCUT2D eigenvalue weighted by atomic mass is 32.2. The first-order chi connectivity index (χ1) is 14.3. The molecular weight excluding hydrogens is 400 g/mol. The lowest BCUT2D eigenvalue weighted by Gasteiger charge is -2.14. The van der Waals surface area contributed by atoms with Crippen LogP contribution in [0.5, 0.6) is 5.75 Å². The van der Waals surface area contributed by atoms with E-state index in [1.807, 2.05) is 38.3 Å². The van der Waals surface area contributed by atoms with Crippen LogP contribution < -0.4 is 15.6 Å². The fraction of sp³-hybridized carbons (Fsp3) is 0.409. The molecule has 0 aliphatic rings. The van der Waals surface area contributed by atoms with Crippen LogP contribution in [0.1, 0.15) is 26.5 Å². The molecule has 3 aromatic rings. The van der Waals surface area contributed by atoms with Crippen molar-refractivity contribution in [2.45, 2.75) is 45.9 Å². The van der Waals surface area contributed by atoms with E-state index < -0.39 is 0 Å². The predicted octanol–water partition coefficient (Wildman–Crippen LogP) is 3.92. The third kappa shape index (κ3) is 4.70. The number of fused-ring (bicyclic) bond motifs is 1. The number of aryl methyl sites for hydroxylation is 1. The van der Waals surface area contributed by atoms with Gasteiger partial charge in [-0.2, -0.15) is 0 Å². The van der Waals surface area contributed by atoms with Crippen molar-refractivity contribution in [1.82, 2.24) is 14.1 Å². The third-order valence-corrected chi connectivity index (χ3v) is 5.34. The molecule has 0 radical (unpaired) electrons. The lowest BCUT2D eigenvalue weighted by molar-refractivity contribution is -0.116. The summed E-state index contributed by atoms with van der Waals surface area (Å²) < 4.78 is 8.87. The minimum absolute atomic E-state index is 0.0414. The van der Waals surface area contributed by atoms with Crippen LogP contribution in [-0.4, -0.2) is 32.9 Å². The zero-order chi connectivity index (χ0) is 21.8. The number of hydrogen-bond donors (Lipinski definition) is 1. The molecule has 0 unspecified atom stereocenters. The molecule has 2 aromatic heterocycles. The fourth-order valence-electron chi connectivity index (χ4n) is 3.38. The van der Waals surface area contributed by atoms with Crippen molar-refractivity contribution >= 4 is 34.4 Å². The van der Waals surface area contributed by atoms with Crippen LogP contribution in [0.2, 0.25) is 0 Å². The molecule has 0 saturated heterocycles. The summed E-state index contributed by atoms with van der Waals surface area (Å²) in [5.41, 5.74) is 2.48. The Morgan fingerprint density at radius 1 is 1.23 bits per heavy atom. The van der Waals surface area contributed by atoms with E-state index in [4.69, 9.17) is 4.74 Å². The molecule has 7 nitrogen and oxygen atoms in total. The molecule has 0 saturated carbocycles. The van der Waals surface area contributed by atoms with Crippen molar-refractivity contribution in [3.8, 4) is 5.75 Å². The summed E-state index contributed by atoms with van der Waals surface area (Å²) >= 11 is 1.45. The molecule has 160 valence electrons. The normalized spacial score (nSPS) is 11.3. The summed E-state index contributed by atoms with van der Waals surface area (Å²) in [6.07, 6.45) is 1.92. The number of thioether (sulfide) groups is 1. The van der Waals surface area contributed by atoms with Gasteiger partial charge in [-0.25, -0.2) is 4.98 Å². The Morgan fingerprint density at radius 3 is 2.53 bits per heavy atom. The zero-order valence-electron chi connectivity index (χ0n) is 18.1. The van der Waals surface area contributed by atoms with Gasteiger partial charge in [0, 0.05) is 17.9 Å². The van der Waals surface area contributed by atoms with Crippen molar-refractivity contribution in [1.29, 1.82) is 0 Å².